The lowest BCUT2D eigenvalue weighted by Gasteiger charge is -2.24. The molecule has 0 saturated carbocycles. The molecule has 0 spiro atoms. The quantitative estimate of drug-likeness (QED) is 0.892. The fourth-order valence-corrected chi connectivity index (χ4v) is 3.17. The van der Waals surface area contributed by atoms with Crippen LogP contribution in [0, 0.1) is 0 Å². The molecule has 106 valence electrons. The average molecular weight is 353 g/mol. The van der Waals surface area contributed by atoms with Gasteiger partial charge in [0.25, 0.3) is 5.91 Å². The third kappa shape index (κ3) is 3.69. The zero-order chi connectivity index (χ0) is 14.5. The molecule has 5 heteroatoms. The number of likely N-dealkylation sites (N-methyl/N-ethyl adjacent to an activating group) is 1. The maximum absolute atomic E-state index is 12.2. The molecule has 3 nitrogen and oxygen atoms in total. The Morgan fingerprint density at radius 2 is 2.10 bits per heavy atom. The summed E-state index contributed by atoms with van der Waals surface area (Å²) in [7, 11) is 4.04. The molecule has 1 heterocycles. The molecule has 1 atom stereocenters. The Labute approximate surface area is 131 Å². The lowest BCUT2D eigenvalue weighted by Crippen LogP contribution is -2.34. The number of thiophene rings is 1. The third-order valence-corrected chi connectivity index (χ3v) is 4.52. The van der Waals surface area contributed by atoms with Gasteiger partial charge in [-0.3, -0.25) is 4.79 Å². The van der Waals surface area contributed by atoms with Crippen molar-refractivity contribution in [2.24, 2.45) is 0 Å². The summed E-state index contributed by atoms with van der Waals surface area (Å²) in [5, 5.41) is 7.18. The normalized spacial score (nSPS) is 12.4. The highest BCUT2D eigenvalue weighted by molar-refractivity contribution is 9.10. The standard InChI is InChI=1S/C15H17BrN2OS/c1-18(2)14(11-7-8-20-10-11)9-17-15(19)12-5-3-4-6-13(12)16/h3-8,10,14H,9H2,1-2H3,(H,17,19). The van der Waals surface area contributed by atoms with Gasteiger partial charge in [-0.25, -0.2) is 0 Å². The number of carbonyl (C=O) groups excluding carboxylic acids is 1. The first-order valence-electron chi connectivity index (χ1n) is 6.31. The number of nitrogens with zero attached hydrogens (tertiary/aromatic N) is 1. The molecule has 0 aliphatic heterocycles. The van der Waals surface area contributed by atoms with Crippen LogP contribution in [0.1, 0.15) is 22.0 Å². The Bertz CT molecular complexity index is 569. The largest absolute Gasteiger partial charge is 0.350 e. The molecule has 20 heavy (non-hydrogen) atoms. The van der Waals surface area contributed by atoms with Crippen molar-refractivity contribution in [3.05, 3.63) is 56.7 Å². The van der Waals surface area contributed by atoms with Crippen LogP contribution in [0.15, 0.2) is 45.6 Å². The van der Waals surface area contributed by atoms with Crippen molar-refractivity contribution in [1.82, 2.24) is 10.2 Å². The summed E-state index contributed by atoms with van der Waals surface area (Å²) in [6.07, 6.45) is 0. The molecule has 0 bridgehead atoms. The van der Waals surface area contributed by atoms with Crippen molar-refractivity contribution >= 4 is 33.2 Å². The number of nitrogens with one attached hydrogen (secondary N) is 1. The van der Waals surface area contributed by atoms with Crippen molar-refractivity contribution in [3.8, 4) is 0 Å². The number of amides is 1. The smallest absolute Gasteiger partial charge is 0.252 e. The monoisotopic (exact) mass is 352 g/mol. The van der Waals surface area contributed by atoms with E-state index in [-0.39, 0.29) is 11.9 Å². The van der Waals surface area contributed by atoms with Crippen molar-refractivity contribution < 1.29 is 4.79 Å². The summed E-state index contributed by atoms with van der Waals surface area (Å²) in [6.45, 7) is 0.587. The first kappa shape index (κ1) is 15.2. The van der Waals surface area contributed by atoms with E-state index in [1.165, 1.54) is 5.56 Å². The van der Waals surface area contributed by atoms with Gasteiger partial charge in [0.1, 0.15) is 0 Å². The Morgan fingerprint density at radius 1 is 1.35 bits per heavy atom. The van der Waals surface area contributed by atoms with Gasteiger partial charge in [0, 0.05) is 11.0 Å². The SMILES string of the molecule is CN(C)C(CNC(=O)c1ccccc1Br)c1ccsc1. The number of hydrogen-bond donors (Lipinski definition) is 1. The molecule has 0 fully saturated rings. The fraction of sp³-hybridized carbons (Fsp3) is 0.267. The van der Waals surface area contributed by atoms with Crippen LogP contribution in [0.3, 0.4) is 0 Å². The maximum Gasteiger partial charge on any atom is 0.252 e. The molecule has 0 aliphatic rings. The maximum atomic E-state index is 12.2. The summed E-state index contributed by atoms with van der Waals surface area (Å²) in [5.74, 6) is -0.0560. The second-order valence-corrected chi connectivity index (χ2v) is 6.36. The fourth-order valence-electron chi connectivity index (χ4n) is 1.99. The zero-order valence-corrected chi connectivity index (χ0v) is 13.9. The molecule has 1 N–H and O–H groups in total. The number of benzene rings is 1. The molecule has 2 aromatic rings. The molecule has 0 radical (unpaired) electrons. The van der Waals surface area contributed by atoms with E-state index in [0.29, 0.717) is 12.1 Å². The minimum atomic E-state index is -0.0560. The molecular formula is C15H17BrN2OS. The number of carbonyl (C=O) groups is 1. The van der Waals surface area contributed by atoms with Crippen molar-refractivity contribution in [2.75, 3.05) is 20.6 Å². The first-order chi connectivity index (χ1) is 9.59. The van der Waals surface area contributed by atoms with Crippen molar-refractivity contribution in [3.63, 3.8) is 0 Å². The predicted molar refractivity (Wildman–Crippen MR) is 87.2 cm³/mol. The van der Waals surface area contributed by atoms with E-state index in [9.17, 15) is 4.79 Å². The second-order valence-electron chi connectivity index (χ2n) is 4.73. The highest BCUT2D eigenvalue weighted by Crippen LogP contribution is 2.21. The number of rotatable bonds is 5. The second kappa shape index (κ2) is 7.02. The molecule has 0 saturated heterocycles. The van der Waals surface area contributed by atoms with E-state index in [0.717, 1.165) is 4.47 Å². The summed E-state index contributed by atoms with van der Waals surface area (Å²) in [5.41, 5.74) is 1.89. The molecule has 1 amide bonds. The van der Waals surface area contributed by atoms with Gasteiger partial charge in [0.15, 0.2) is 0 Å². The Kier molecular flexibility index (Phi) is 5.34. The highest BCUT2D eigenvalue weighted by Gasteiger charge is 2.16. The summed E-state index contributed by atoms with van der Waals surface area (Å²) < 4.78 is 0.814. The van der Waals surface area contributed by atoms with E-state index in [1.54, 1.807) is 11.3 Å². The zero-order valence-electron chi connectivity index (χ0n) is 11.5. The lowest BCUT2D eigenvalue weighted by atomic mass is 10.1. The lowest BCUT2D eigenvalue weighted by molar-refractivity contribution is 0.0941. The third-order valence-electron chi connectivity index (χ3n) is 3.13. The molecule has 1 aromatic heterocycles. The van der Waals surface area contributed by atoms with Crippen LogP contribution in [0.5, 0.6) is 0 Å². The van der Waals surface area contributed by atoms with Crippen LogP contribution in [0.25, 0.3) is 0 Å². The molecular weight excluding hydrogens is 336 g/mol. The summed E-state index contributed by atoms with van der Waals surface area (Å²) >= 11 is 5.07. The average Bonchev–Trinajstić information content (AvgIpc) is 2.92. The van der Waals surface area contributed by atoms with Crippen LogP contribution in [0.4, 0.5) is 0 Å². The van der Waals surface area contributed by atoms with Gasteiger partial charge in [-0.2, -0.15) is 11.3 Å². The molecule has 1 unspecified atom stereocenters. The Morgan fingerprint density at radius 3 is 2.70 bits per heavy atom. The topological polar surface area (TPSA) is 32.3 Å². The van der Waals surface area contributed by atoms with Gasteiger partial charge in [0.2, 0.25) is 0 Å². The number of halogens is 1. The van der Waals surface area contributed by atoms with Crippen LogP contribution in [-0.2, 0) is 0 Å². The van der Waals surface area contributed by atoms with E-state index in [2.05, 4.69) is 43.0 Å². The van der Waals surface area contributed by atoms with Crippen molar-refractivity contribution in [2.45, 2.75) is 6.04 Å². The first-order valence-corrected chi connectivity index (χ1v) is 8.04. The Balaban J connectivity index is 2.03. The highest BCUT2D eigenvalue weighted by atomic mass is 79.9. The minimum absolute atomic E-state index is 0.0560. The van der Waals surface area contributed by atoms with Crippen LogP contribution >= 0.6 is 27.3 Å². The van der Waals surface area contributed by atoms with Gasteiger partial charge in [-0.05, 0) is 64.5 Å². The minimum Gasteiger partial charge on any atom is -0.350 e. The summed E-state index contributed by atoms with van der Waals surface area (Å²) in [6, 6.07) is 9.73. The summed E-state index contributed by atoms with van der Waals surface area (Å²) in [4.78, 5) is 14.3. The van der Waals surface area contributed by atoms with Gasteiger partial charge in [-0.1, -0.05) is 12.1 Å². The van der Waals surface area contributed by atoms with Gasteiger partial charge < -0.3 is 10.2 Å². The predicted octanol–water partition coefficient (Wildman–Crippen LogP) is 3.54. The van der Waals surface area contributed by atoms with E-state index in [1.807, 2.05) is 38.4 Å². The Hall–Kier alpha value is -1.17. The van der Waals surface area contributed by atoms with Gasteiger partial charge >= 0.3 is 0 Å². The van der Waals surface area contributed by atoms with Crippen LogP contribution in [0.2, 0.25) is 0 Å². The van der Waals surface area contributed by atoms with E-state index >= 15 is 0 Å². The van der Waals surface area contributed by atoms with Crippen LogP contribution in [-0.4, -0.2) is 31.4 Å². The number of hydrogen-bond acceptors (Lipinski definition) is 3. The molecule has 1 aromatic carbocycles. The van der Waals surface area contributed by atoms with E-state index < -0.39 is 0 Å². The van der Waals surface area contributed by atoms with E-state index in [4.69, 9.17) is 0 Å². The molecule has 2 rings (SSSR count). The van der Waals surface area contributed by atoms with Gasteiger partial charge in [-0.15, -0.1) is 0 Å². The van der Waals surface area contributed by atoms with Crippen LogP contribution < -0.4 is 5.32 Å². The molecule has 0 aliphatic carbocycles. The van der Waals surface area contributed by atoms with Crippen molar-refractivity contribution in [1.29, 1.82) is 0 Å². The van der Waals surface area contributed by atoms with Gasteiger partial charge in [0.05, 0.1) is 11.6 Å².